The molecule has 1 rings (SSSR count). The topological polar surface area (TPSA) is 106 Å². The van der Waals surface area contributed by atoms with Gasteiger partial charge in [0, 0.05) is 18.3 Å². The van der Waals surface area contributed by atoms with Gasteiger partial charge in [0.1, 0.15) is 0 Å². The van der Waals surface area contributed by atoms with Gasteiger partial charge < -0.3 is 5.73 Å². The lowest BCUT2D eigenvalue weighted by Crippen LogP contribution is -2.50. The van der Waals surface area contributed by atoms with Gasteiger partial charge in [-0.05, 0) is 12.8 Å². The third kappa shape index (κ3) is 6.12. The zero-order valence-electron chi connectivity index (χ0n) is 10.7. The fourth-order valence-electron chi connectivity index (χ4n) is 2.19. The van der Waals surface area contributed by atoms with E-state index in [4.69, 9.17) is 5.73 Å². The number of hydrogen-bond donors (Lipinski definition) is 2. The molecule has 0 aromatic heterocycles. The molecule has 0 aromatic carbocycles. The van der Waals surface area contributed by atoms with Crippen LogP contribution in [0, 0.1) is 0 Å². The van der Waals surface area contributed by atoms with Crippen LogP contribution in [-0.2, 0) is 19.9 Å². The van der Waals surface area contributed by atoms with Crippen LogP contribution in [0.3, 0.4) is 0 Å². The van der Waals surface area contributed by atoms with Gasteiger partial charge in [0.25, 0.3) is 0 Å². The van der Waals surface area contributed by atoms with Gasteiger partial charge in [0.15, 0.2) is 14.9 Å². The molecule has 0 amide bonds. The Hall–Kier alpha value is -0.180. The predicted molar refractivity (Wildman–Crippen MR) is 71.3 cm³/mol. The molecule has 108 valence electrons. The number of sulfonamides is 1. The maximum Gasteiger partial charge on any atom is 0.226 e. The summed E-state index contributed by atoms with van der Waals surface area (Å²) >= 11 is 0. The number of nitrogens with two attached hydrogens (primary N) is 1. The molecule has 8 heteroatoms. The van der Waals surface area contributed by atoms with Crippen molar-refractivity contribution in [1.29, 1.82) is 0 Å². The van der Waals surface area contributed by atoms with Crippen LogP contribution in [0.15, 0.2) is 0 Å². The molecule has 3 N–H and O–H groups in total. The van der Waals surface area contributed by atoms with E-state index >= 15 is 0 Å². The van der Waals surface area contributed by atoms with E-state index in [0.29, 0.717) is 0 Å². The number of hydrogen-bond acceptors (Lipinski definition) is 5. The van der Waals surface area contributed by atoms with Crippen molar-refractivity contribution in [3.63, 3.8) is 0 Å². The molecule has 18 heavy (non-hydrogen) atoms. The van der Waals surface area contributed by atoms with E-state index in [9.17, 15) is 16.8 Å². The summed E-state index contributed by atoms with van der Waals surface area (Å²) in [7, 11) is -7.36. The molecule has 1 fully saturated rings. The smallest absolute Gasteiger partial charge is 0.226 e. The molecule has 0 bridgehead atoms. The minimum absolute atomic E-state index is 0.116. The molecule has 0 saturated heterocycles. The van der Waals surface area contributed by atoms with Gasteiger partial charge in [0.05, 0.1) is 0 Å². The Kier molecular flexibility index (Phi) is 5.16. The van der Waals surface area contributed by atoms with Crippen molar-refractivity contribution in [2.24, 2.45) is 5.73 Å². The SMILES string of the molecule is CS(=O)(=O)CS(=O)(=O)NCC1(N)CCCCCC1. The van der Waals surface area contributed by atoms with Crippen molar-refractivity contribution < 1.29 is 16.8 Å². The first kappa shape index (κ1) is 15.9. The maximum absolute atomic E-state index is 11.6. The van der Waals surface area contributed by atoms with E-state index < -0.39 is 30.5 Å². The fraction of sp³-hybridized carbons (Fsp3) is 1.00. The van der Waals surface area contributed by atoms with Gasteiger partial charge in [-0.25, -0.2) is 21.6 Å². The van der Waals surface area contributed by atoms with E-state index in [0.717, 1.165) is 44.8 Å². The second-order valence-corrected chi connectivity index (χ2v) is 9.57. The molecule has 0 spiro atoms. The predicted octanol–water partition coefficient (Wildman–Crippen LogP) is -0.0404. The molecule has 1 saturated carbocycles. The molecule has 0 radical (unpaired) electrons. The van der Waals surface area contributed by atoms with E-state index in [2.05, 4.69) is 4.72 Å². The lowest BCUT2D eigenvalue weighted by atomic mass is 9.92. The molecule has 0 aromatic rings. The van der Waals surface area contributed by atoms with Gasteiger partial charge in [-0.2, -0.15) is 0 Å². The largest absolute Gasteiger partial charge is 0.324 e. The normalized spacial score (nSPS) is 21.4. The Labute approximate surface area is 109 Å². The summed E-state index contributed by atoms with van der Waals surface area (Å²) in [5.41, 5.74) is 5.61. The Morgan fingerprint density at radius 2 is 1.56 bits per heavy atom. The van der Waals surface area contributed by atoms with Crippen molar-refractivity contribution in [3.8, 4) is 0 Å². The second-order valence-electron chi connectivity index (χ2n) is 5.26. The minimum Gasteiger partial charge on any atom is -0.324 e. The van der Waals surface area contributed by atoms with Crippen LogP contribution in [0.25, 0.3) is 0 Å². The lowest BCUT2D eigenvalue weighted by Gasteiger charge is -2.28. The van der Waals surface area contributed by atoms with Crippen molar-refractivity contribution in [2.45, 2.75) is 44.1 Å². The van der Waals surface area contributed by atoms with Crippen molar-refractivity contribution in [2.75, 3.05) is 17.9 Å². The van der Waals surface area contributed by atoms with E-state index in [-0.39, 0.29) is 6.54 Å². The quantitative estimate of drug-likeness (QED) is 0.693. The fourth-order valence-corrected chi connectivity index (χ4v) is 5.28. The monoisotopic (exact) mass is 298 g/mol. The van der Waals surface area contributed by atoms with Gasteiger partial charge in [0.2, 0.25) is 10.0 Å². The Morgan fingerprint density at radius 1 is 1.06 bits per heavy atom. The summed E-state index contributed by atoms with van der Waals surface area (Å²) in [6.45, 7) is 0.116. The first-order valence-electron chi connectivity index (χ1n) is 6.06. The highest BCUT2D eigenvalue weighted by Gasteiger charge is 2.28. The molecular formula is C10H22N2O4S2. The Bertz CT molecular complexity index is 462. The van der Waals surface area contributed by atoms with Gasteiger partial charge in [-0.15, -0.1) is 0 Å². The van der Waals surface area contributed by atoms with E-state index in [1.54, 1.807) is 0 Å². The average molecular weight is 298 g/mol. The molecular weight excluding hydrogens is 276 g/mol. The van der Waals surface area contributed by atoms with Crippen LogP contribution in [-0.4, -0.2) is 40.3 Å². The third-order valence-corrected chi connectivity index (χ3v) is 6.65. The highest BCUT2D eigenvalue weighted by molar-refractivity contribution is 8.06. The Morgan fingerprint density at radius 3 is 2.00 bits per heavy atom. The summed E-state index contributed by atoms with van der Waals surface area (Å²) in [5.74, 6) is 0. The van der Waals surface area contributed by atoms with Crippen molar-refractivity contribution in [3.05, 3.63) is 0 Å². The van der Waals surface area contributed by atoms with Gasteiger partial charge in [-0.1, -0.05) is 25.7 Å². The first-order chi connectivity index (χ1) is 8.12. The summed E-state index contributed by atoms with van der Waals surface area (Å²) in [4.78, 5) is 0. The Balaban J connectivity index is 2.58. The third-order valence-electron chi connectivity index (χ3n) is 3.11. The maximum atomic E-state index is 11.6. The molecule has 1 aliphatic carbocycles. The summed E-state index contributed by atoms with van der Waals surface area (Å²) < 4.78 is 47.4. The standard InChI is InChI=1S/C10H22N2O4S2/c1-17(13,14)9-18(15,16)12-8-10(11)6-4-2-3-5-7-10/h12H,2-9,11H2,1H3. The van der Waals surface area contributed by atoms with Crippen LogP contribution in [0.2, 0.25) is 0 Å². The van der Waals surface area contributed by atoms with Crippen LogP contribution < -0.4 is 10.5 Å². The molecule has 0 aliphatic heterocycles. The highest BCUT2D eigenvalue weighted by atomic mass is 32.3. The van der Waals surface area contributed by atoms with Gasteiger partial charge >= 0.3 is 0 Å². The summed E-state index contributed by atoms with van der Waals surface area (Å²) in [5, 5.41) is -0.879. The molecule has 0 unspecified atom stereocenters. The molecule has 6 nitrogen and oxygen atoms in total. The van der Waals surface area contributed by atoms with E-state index in [1.165, 1.54) is 0 Å². The van der Waals surface area contributed by atoms with Crippen LogP contribution in [0.4, 0.5) is 0 Å². The first-order valence-corrected chi connectivity index (χ1v) is 9.77. The van der Waals surface area contributed by atoms with Crippen LogP contribution in [0.5, 0.6) is 0 Å². The molecule has 0 atom stereocenters. The second kappa shape index (κ2) is 5.85. The lowest BCUT2D eigenvalue weighted by molar-refractivity contribution is 0.369. The van der Waals surface area contributed by atoms with E-state index in [1.807, 2.05) is 0 Å². The summed E-state index contributed by atoms with van der Waals surface area (Å²) in [6, 6.07) is 0. The van der Waals surface area contributed by atoms with Crippen LogP contribution >= 0.6 is 0 Å². The highest BCUT2D eigenvalue weighted by Crippen LogP contribution is 2.24. The number of nitrogens with one attached hydrogen (secondary N) is 1. The zero-order chi connectivity index (χ0) is 13.9. The minimum atomic E-state index is -3.81. The molecule has 0 heterocycles. The van der Waals surface area contributed by atoms with Crippen molar-refractivity contribution in [1.82, 2.24) is 4.72 Å². The average Bonchev–Trinajstić information content (AvgIpc) is 2.38. The number of sulfone groups is 1. The molecule has 1 aliphatic rings. The zero-order valence-corrected chi connectivity index (χ0v) is 12.3. The van der Waals surface area contributed by atoms with Crippen LogP contribution in [0.1, 0.15) is 38.5 Å². The van der Waals surface area contributed by atoms with Gasteiger partial charge in [-0.3, -0.25) is 0 Å². The summed E-state index contributed by atoms with van der Waals surface area (Å²) in [6.07, 6.45) is 6.66. The van der Waals surface area contributed by atoms with Crippen molar-refractivity contribution >= 4 is 19.9 Å². The number of rotatable bonds is 5.